The number of rotatable bonds is 2. The van der Waals surface area contributed by atoms with Gasteiger partial charge in [0.15, 0.2) is 0 Å². The van der Waals surface area contributed by atoms with Crippen molar-refractivity contribution in [1.82, 2.24) is 0 Å². The minimum Gasteiger partial charge on any atom is -0.0805 e. The molecule has 0 N–H and O–H groups in total. The second-order valence-electron chi connectivity index (χ2n) is 3.58. The second kappa shape index (κ2) is 8.74. The van der Waals surface area contributed by atoms with E-state index in [9.17, 15) is 0 Å². The molecule has 1 heteroatoms. The van der Waals surface area contributed by atoms with Crippen LogP contribution < -0.4 is 0 Å². The van der Waals surface area contributed by atoms with Crippen LogP contribution in [0, 0.1) is 0 Å². The SMILES string of the molecule is CCC1=CC=CC1.CCC1=CCC=C1.[Ni]. The molecule has 0 nitrogen and oxygen atoms in total. The van der Waals surface area contributed by atoms with Crippen molar-refractivity contribution < 1.29 is 16.5 Å². The van der Waals surface area contributed by atoms with E-state index < -0.39 is 0 Å². The van der Waals surface area contributed by atoms with Crippen molar-refractivity contribution in [2.75, 3.05) is 0 Å². The standard InChI is InChI=1S/2C7H10.Ni/c2*1-2-7-5-3-4-6-7;/h3,5-6H,2,4H2,1H3;3-5H,2,6H2,1H3;. The minimum absolute atomic E-state index is 0. The molecule has 86 valence electrons. The van der Waals surface area contributed by atoms with Crippen molar-refractivity contribution in [3.8, 4) is 0 Å². The normalized spacial score (nSPS) is 16.4. The molecule has 2 rings (SSSR count). The van der Waals surface area contributed by atoms with Gasteiger partial charge in [0.1, 0.15) is 0 Å². The molecular formula is C14H20Ni. The minimum atomic E-state index is 0. The zero-order valence-electron chi connectivity index (χ0n) is 9.61. The van der Waals surface area contributed by atoms with Crippen LogP contribution in [0.3, 0.4) is 0 Å². The van der Waals surface area contributed by atoms with Crippen LogP contribution in [0.2, 0.25) is 0 Å². The molecule has 0 fully saturated rings. The van der Waals surface area contributed by atoms with Crippen molar-refractivity contribution in [1.29, 1.82) is 0 Å². The average molecular weight is 247 g/mol. The van der Waals surface area contributed by atoms with Gasteiger partial charge in [-0.15, -0.1) is 0 Å². The van der Waals surface area contributed by atoms with Gasteiger partial charge in [-0.05, 0) is 25.7 Å². The van der Waals surface area contributed by atoms with Crippen molar-refractivity contribution in [2.45, 2.75) is 39.5 Å². The molecule has 0 amide bonds. The van der Waals surface area contributed by atoms with Crippen LogP contribution in [0.25, 0.3) is 0 Å². The van der Waals surface area contributed by atoms with E-state index in [2.05, 4.69) is 50.3 Å². The zero-order chi connectivity index (χ0) is 10.2. The molecule has 0 spiro atoms. The summed E-state index contributed by atoms with van der Waals surface area (Å²) in [5, 5.41) is 0. The molecule has 0 radical (unpaired) electrons. The van der Waals surface area contributed by atoms with Crippen molar-refractivity contribution >= 4 is 0 Å². The average Bonchev–Trinajstić information content (AvgIpc) is 2.92. The first-order chi connectivity index (χ1) is 6.86. The van der Waals surface area contributed by atoms with Gasteiger partial charge in [0, 0.05) is 16.5 Å². The third-order valence-corrected chi connectivity index (χ3v) is 2.56. The van der Waals surface area contributed by atoms with Gasteiger partial charge in [0.2, 0.25) is 0 Å². The molecule has 0 saturated heterocycles. The summed E-state index contributed by atoms with van der Waals surface area (Å²) in [6.07, 6.45) is 17.9. The predicted molar refractivity (Wildman–Crippen MR) is 64.3 cm³/mol. The van der Waals surface area contributed by atoms with E-state index in [-0.39, 0.29) is 16.5 Å². The van der Waals surface area contributed by atoms with Crippen LogP contribution in [0.15, 0.2) is 47.6 Å². The van der Waals surface area contributed by atoms with Crippen molar-refractivity contribution in [2.24, 2.45) is 0 Å². The summed E-state index contributed by atoms with van der Waals surface area (Å²) in [6.45, 7) is 4.38. The van der Waals surface area contributed by atoms with E-state index in [1.54, 1.807) is 5.57 Å². The van der Waals surface area contributed by atoms with Crippen LogP contribution in [0.4, 0.5) is 0 Å². The first-order valence-corrected chi connectivity index (χ1v) is 5.57. The molecule has 0 bridgehead atoms. The summed E-state index contributed by atoms with van der Waals surface area (Å²) in [7, 11) is 0. The Morgan fingerprint density at radius 3 is 2.20 bits per heavy atom. The van der Waals surface area contributed by atoms with Gasteiger partial charge >= 0.3 is 0 Å². The maximum atomic E-state index is 2.26. The van der Waals surface area contributed by atoms with Crippen LogP contribution in [0.5, 0.6) is 0 Å². The van der Waals surface area contributed by atoms with E-state index in [1.165, 1.54) is 24.8 Å². The fraction of sp³-hybridized carbons (Fsp3) is 0.429. The Balaban J connectivity index is 0.000000245. The molecule has 2 aliphatic carbocycles. The maximum Gasteiger partial charge on any atom is 0 e. The van der Waals surface area contributed by atoms with E-state index in [1.807, 2.05) is 0 Å². The molecule has 0 aromatic heterocycles. The summed E-state index contributed by atoms with van der Waals surface area (Å²) < 4.78 is 0. The summed E-state index contributed by atoms with van der Waals surface area (Å²) >= 11 is 0. The quantitative estimate of drug-likeness (QED) is 0.627. The number of allylic oxidation sites excluding steroid dienone is 8. The molecule has 0 aromatic carbocycles. The van der Waals surface area contributed by atoms with E-state index >= 15 is 0 Å². The van der Waals surface area contributed by atoms with Crippen molar-refractivity contribution in [3.05, 3.63) is 47.6 Å². The summed E-state index contributed by atoms with van der Waals surface area (Å²) in [5.41, 5.74) is 3.04. The monoisotopic (exact) mass is 246 g/mol. The molecule has 0 saturated carbocycles. The Morgan fingerprint density at radius 1 is 1.13 bits per heavy atom. The molecular weight excluding hydrogens is 227 g/mol. The Bertz CT molecular complexity index is 280. The molecule has 0 atom stereocenters. The van der Waals surface area contributed by atoms with Crippen LogP contribution >= 0.6 is 0 Å². The van der Waals surface area contributed by atoms with Gasteiger partial charge in [-0.25, -0.2) is 0 Å². The van der Waals surface area contributed by atoms with Gasteiger partial charge in [-0.1, -0.05) is 61.4 Å². The van der Waals surface area contributed by atoms with Crippen LogP contribution in [-0.2, 0) is 16.5 Å². The number of hydrogen-bond acceptors (Lipinski definition) is 0. The third-order valence-electron chi connectivity index (χ3n) is 2.56. The Kier molecular flexibility index (Phi) is 8.42. The van der Waals surface area contributed by atoms with Crippen LogP contribution in [0.1, 0.15) is 39.5 Å². The van der Waals surface area contributed by atoms with E-state index in [0.717, 1.165) is 6.42 Å². The van der Waals surface area contributed by atoms with E-state index in [4.69, 9.17) is 0 Å². The van der Waals surface area contributed by atoms with Gasteiger partial charge in [-0.3, -0.25) is 0 Å². The molecule has 0 aromatic rings. The van der Waals surface area contributed by atoms with Gasteiger partial charge in [0.05, 0.1) is 0 Å². The maximum absolute atomic E-state index is 2.26. The molecule has 0 aliphatic heterocycles. The predicted octanol–water partition coefficient (Wildman–Crippen LogP) is 4.56. The molecule has 2 aliphatic rings. The van der Waals surface area contributed by atoms with Gasteiger partial charge in [-0.2, -0.15) is 0 Å². The number of hydrogen-bond donors (Lipinski definition) is 0. The Hall–Kier alpha value is -0.546. The van der Waals surface area contributed by atoms with Gasteiger partial charge in [0.25, 0.3) is 0 Å². The molecule has 0 heterocycles. The van der Waals surface area contributed by atoms with Crippen LogP contribution in [-0.4, -0.2) is 0 Å². The van der Waals surface area contributed by atoms with Gasteiger partial charge < -0.3 is 0 Å². The zero-order valence-corrected chi connectivity index (χ0v) is 10.6. The van der Waals surface area contributed by atoms with Crippen molar-refractivity contribution in [3.63, 3.8) is 0 Å². The fourth-order valence-corrected chi connectivity index (χ4v) is 1.52. The first-order valence-electron chi connectivity index (χ1n) is 5.57. The summed E-state index contributed by atoms with van der Waals surface area (Å²) in [5.74, 6) is 0. The largest absolute Gasteiger partial charge is 0.0805 e. The Labute approximate surface area is 104 Å². The molecule has 0 unspecified atom stereocenters. The topological polar surface area (TPSA) is 0 Å². The second-order valence-corrected chi connectivity index (χ2v) is 3.58. The summed E-state index contributed by atoms with van der Waals surface area (Å²) in [6, 6.07) is 0. The Morgan fingerprint density at radius 2 is 1.93 bits per heavy atom. The van der Waals surface area contributed by atoms with E-state index in [0.29, 0.717) is 0 Å². The molecule has 15 heavy (non-hydrogen) atoms. The first kappa shape index (κ1) is 14.5. The fourth-order valence-electron chi connectivity index (χ4n) is 1.52. The summed E-state index contributed by atoms with van der Waals surface area (Å²) in [4.78, 5) is 0. The third kappa shape index (κ3) is 5.79. The smallest absolute Gasteiger partial charge is 0 e.